The van der Waals surface area contributed by atoms with E-state index >= 15 is 0 Å². The molecule has 0 aromatic carbocycles. The Kier molecular flexibility index (Phi) is 4.11. The van der Waals surface area contributed by atoms with Gasteiger partial charge in [0, 0.05) is 3.57 Å². The molecule has 0 unspecified atom stereocenters. The molecule has 88 valence electrons. The molecule has 0 aliphatic heterocycles. The van der Waals surface area contributed by atoms with E-state index in [1.165, 1.54) is 6.07 Å². The van der Waals surface area contributed by atoms with Crippen LogP contribution >= 0.6 is 22.6 Å². The van der Waals surface area contributed by atoms with Crippen molar-refractivity contribution in [3.63, 3.8) is 0 Å². The van der Waals surface area contributed by atoms with Crippen molar-refractivity contribution < 1.29 is 22.7 Å². The molecule has 0 aliphatic rings. The Hall–Kier alpha value is -0.860. The van der Waals surface area contributed by atoms with E-state index in [1.54, 1.807) is 29.5 Å². The highest BCUT2D eigenvalue weighted by Gasteiger charge is 2.33. The van der Waals surface area contributed by atoms with E-state index in [2.05, 4.69) is 9.72 Å². The van der Waals surface area contributed by atoms with Crippen LogP contribution in [0.2, 0.25) is 0 Å². The van der Waals surface area contributed by atoms with Gasteiger partial charge in [0.05, 0.1) is 6.61 Å². The van der Waals surface area contributed by atoms with E-state index < -0.39 is 17.8 Å². The van der Waals surface area contributed by atoms with E-state index in [0.29, 0.717) is 3.57 Å². The van der Waals surface area contributed by atoms with Gasteiger partial charge >= 0.3 is 12.1 Å². The Labute approximate surface area is 103 Å². The number of rotatable bonds is 2. The van der Waals surface area contributed by atoms with Crippen molar-refractivity contribution in [1.82, 2.24) is 4.98 Å². The quantitative estimate of drug-likeness (QED) is 0.611. The van der Waals surface area contributed by atoms with Gasteiger partial charge in [-0.15, -0.1) is 0 Å². The summed E-state index contributed by atoms with van der Waals surface area (Å²) < 4.78 is 41.9. The number of ether oxygens (including phenoxy) is 1. The lowest BCUT2D eigenvalue weighted by Crippen LogP contribution is -2.15. The minimum Gasteiger partial charge on any atom is -0.461 e. The summed E-state index contributed by atoms with van der Waals surface area (Å²) in [6.07, 6.45) is -4.56. The van der Waals surface area contributed by atoms with Crippen LogP contribution in [0, 0.1) is 3.57 Å². The van der Waals surface area contributed by atoms with Gasteiger partial charge in [0.15, 0.2) is 5.69 Å². The zero-order chi connectivity index (χ0) is 12.3. The molecular weight excluding hydrogens is 338 g/mol. The molecule has 16 heavy (non-hydrogen) atoms. The summed E-state index contributed by atoms with van der Waals surface area (Å²) >= 11 is 1.73. The maximum absolute atomic E-state index is 12.3. The lowest BCUT2D eigenvalue weighted by Gasteiger charge is -2.08. The van der Waals surface area contributed by atoms with E-state index in [0.717, 1.165) is 6.07 Å². The van der Waals surface area contributed by atoms with E-state index in [4.69, 9.17) is 0 Å². The first-order valence-corrected chi connectivity index (χ1v) is 5.35. The third-order valence-electron chi connectivity index (χ3n) is 1.61. The molecule has 3 nitrogen and oxygen atoms in total. The molecule has 1 heterocycles. The maximum Gasteiger partial charge on any atom is 0.433 e. The van der Waals surface area contributed by atoms with E-state index in [-0.39, 0.29) is 12.3 Å². The summed E-state index contributed by atoms with van der Waals surface area (Å²) in [5.41, 5.74) is -1.41. The Morgan fingerprint density at radius 1 is 1.50 bits per heavy atom. The van der Waals surface area contributed by atoms with Gasteiger partial charge in [-0.1, -0.05) is 0 Å². The fraction of sp³-hybridized carbons (Fsp3) is 0.333. The number of hydrogen-bond acceptors (Lipinski definition) is 3. The first-order chi connectivity index (χ1) is 7.36. The molecule has 0 N–H and O–H groups in total. The molecule has 0 radical (unpaired) electrons. The number of alkyl halides is 3. The summed E-state index contributed by atoms with van der Waals surface area (Å²) in [4.78, 5) is 14.5. The Morgan fingerprint density at radius 3 is 2.62 bits per heavy atom. The summed E-state index contributed by atoms with van der Waals surface area (Å²) in [5, 5.41) is 0. The van der Waals surface area contributed by atoms with Crippen LogP contribution < -0.4 is 0 Å². The van der Waals surface area contributed by atoms with Crippen molar-refractivity contribution in [3.8, 4) is 0 Å². The largest absolute Gasteiger partial charge is 0.461 e. The number of esters is 1. The van der Waals surface area contributed by atoms with Crippen LogP contribution in [0.1, 0.15) is 23.1 Å². The number of nitrogens with zero attached hydrogens (tertiary/aromatic N) is 1. The third kappa shape index (κ3) is 3.06. The third-order valence-corrected chi connectivity index (χ3v) is 2.48. The average molecular weight is 345 g/mol. The predicted molar refractivity (Wildman–Crippen MR) is 57.9 cm³/mol. The SMILES string of the molecule is CCOC(=O)c1nc(C(F)(F)F)ccc1I. The molecule has 1 rings (SSSR count). The number of aromatic nitrogens is 1. The lowest BCUT2D eigenvalue weighted by molar-refractivity contribution is -0.141. The van der Waals surface area contributed by atoms with Gasteiger partial charge in [0.1, 0.15) is 5.69 Å². The fourth-order valence-corrected chi connectivity index (χ4v) is 1.46. The standard InChI is InChI=1S/C9H7F3INO2/c1-2-16-8(15)7-5(13)3-4-6(14-7)9(10,11)12/h3-4H,2H2,1H3. The second-order valence-electron chi connectivity index (χ2n) is 2.75. The topological polar surface area (TPSA) is 39.2 Å². The monoisotopic (exact) mass is 345 g/mol. The van der Waals surface area contributed by atoms with Gasteiger partial charge in [-0.2, -0.15) is 13.2 Å². The van der Waals surface area contributed by atoms with Crippen molar-refractivity contribution in [2.45, 2.75) is 13.1 Å². The molecule has 0 amide bonds. The van der Waals surface area contributed by atoms with Crippen molar-refractivity contribution in [2.24, 2.45) is 0 Å². The highest BCUT2D eigenvalue weighted by molar-refractivity contribution is 14.1. The summed E-state index contributed by atoms with van der Waals surface area (Å²) in [7, 11) is 0. The van der Waals surface area contributed by atoms with E-state index in [1.807, 2.05) is 0 Å². The molecule has 0 aliphatic carbocycles. The average Bonchev–Trinajstić information content (AvgIpc) is 2.16. The zero-order valence-corrected chi connectivity index (χ0v) is 10.3. The normalized spacial score (nSPS) is 11.3. The molecule has 1 aromatic rings. The molecule has 0 saturated carbocycles. The highest BCUT2D eigenvalue weighted by atomic mass is 127. The number of carbonyl (C=O) groups excluding carboxylic acids is 1. The highest BCUT2D eigenvalue weighted by Crippen LogP contribution is 2.28. The molecule has 1 aromatic heterocycles. The first kappa shape index (κ1) is 13.2. The maximum atomic E-state index is 12.3. The van der Waals surface area contributed by atoms with E-state index in [9.17, 15) is 18.0 Å². The number of pyridine rings is 1. The van der Waals surface area contributed by atoms with Crippen molar-refractivity contribution >= 4 is 28.6 Å². The Morgan fingerprint density at radius 2 is 2.12 bits per heavy atom. The summed E-state index contributed by atoms with van der Waals surface area (Å²) in [6.45, 7) is 1.66. The summed E-state index contributed by atoms with van der Waals surface area (Å²) in [5.74, 6) is -0.849. The first-order valence-electron chi connectivity index (χ1n) is 4.27. The number of hydrogen-bond donors (Lipinski definition) is 0. The minimum absolute atomic E-state index is 0.0901. The van der Waals surface area contributed by atoms with Crippen LogP contribution in [0.25, 0.3) is 0 Å². The van der Waals surface area contributed by atoms with Gasteiger partial charge < -0.3 is 4.74 Å². The molecule has 0 saturated heterocycles. The van der Waals surface area contributed by atoms with Gasteiger partial charge in [0.2, 0.25) is 0 Å². The smallest absolute Gasteiger partial charge is 0.433 e. The molecule has 0 fully saturated rings. The second kappa shape index (κ2) is 4.98. The molecule has 0 atom stereocenters. The number of carbonyl (C=O) groups is 1. The van der Waals surface area contributed by atoms with Crippen LogP contribution in [0.3, 0.4) is 0 Å². The second-order valence-corrected chi connectivity index (χ2v) is 3.91. The van der Waals surface area contributed by atoms with Crippen LogP contribution in [0.15, 0.2) is 12.1 Å². The predicted octanol–water partition coefficient (Wildman–Crippen LogP) is 2.88. The lowest BCUT2D eigenvalue weighted by atomic mass is 10.3. The van der Waals surface area contributed by atoms with Gasteiger partial charge in [-0.3, -0.25) is 0 Å². The van der Waals surface area contributed by atoms with Gasteiger partial charge in [-0.25, -0.2) is 9.78 Å². The van der Waals surface area contributed by atoms with Crippen LogP contribution in [-0.2, 0) is 10.9 Å². The Bertz CT molecular complexity index is 406. The number of halogens is 4. The summed E-state index contributed by atoms with van der Waals surface area (Å²) in [6, 6.07) is 2.01. The molecule has 7 heteroatoms. The molecule has 0 spiro atoms. The van der Waals surface area contributed by atoms with Crippen LogP contribution in [0.5, 0.6) is 0 Å². The Balaban J connectivity index is 3.14. The molecule has 0 bridgehead atoms. The van der Waals surface area contributed by atoms with Gasteiger partial charge in [-0.05, 0) is 41.6 Å². The van der Waals surface area contributed by atoms with Crippen molar-refractivity contribution in [1.29, 1.82) is 0 Å². The minimum atomic E-state index is -4.56. The fourth-order valence-electron chi connectivity index (χ4n) is 0.943. The molecular formula is C9H7F3INO2. The van der Waals surface area contributed by atoms with Crippen LogP contribution in [-0.4, -0.2) is 17.6 Å². The van der Waals surface area contributed by atoms with Crippen LogP contribution in [0.4, 0.5) is 13.2 Å². The van der Waals surface area contributed by atoms with Crippen molar-refractivity contribution in [2.75, 3.05) is 6.61 Å². The van der Waals surface area contributed by atoms with Crippen molar-refractivity contribution in [3.05, 3.63) is 27.1 Å². The zero-order valence-electron chi connectivity index (χ0n) is 8.14. The van der Waals surface area contributed by atoms with Gasteiger partial charge in [0.25, 0.3) is 0 Å².